The highest BCUT2D eigenvalue weighted by Gasteiger charge is 2.73. The Morgan fingerprint density at radius 2 is 1.19 bits per heavy atom. The van der Waals surface area contributed by atoms with Crippen LogP contribution in [0.15, 0.2) is 60.7 Å². The Kier molecular flexibility index (Phi) is 5.82. The van der Waals surface area contributed by atoms with Crippen LogP contribution < -0.4 is 0 Å². The predicted octanol–water partition coefficient (Wildman–Crippen LogP) is 5.19. The summed E-state index contributed by atoms with van der Waals surface area (Å²) in [7, 11) is 0. The van der Waals surface area contributed by atoms with Crippen LogP contribution in [0.4, 0.5) is 30.7 Å². The second-order valence-electron chi connectivity index (χ2n) is 5.64. The third-order valence-electron chi connectivity index (χ3n) is 3.71. The zero-order chi connectivity index (χ0) is 20.3. The van der Waals surface area contributed by atoms with E-state index in [9.17, 15) is 35.5 Å². The molecule has 0 spiro atoms. The Morgan fingerprint density at radius 3 is 1.56 bits per heavy atom. The van der Waals surface area contributed by atoms with Crippen molar-refractivity contribution in [3.63, 3.8) is 0 Å². The SMILES string of the molecule is O=C(OCC(F)(F)C(F)(F)C(F)(F)F)C(c1ccccc1)c1ccccc1. The van der Waals surface area contributed by atoms with E-state index in [1.54, 1.807) is 36.4 Å². The molecule has 0 heterocycles. The molecule has 27 heavy (non-hydrogen) atoms. The van der Waals surface area contributed by atoms with Crippen molar-refractivity contribution in [2.24, 2.45) is 0 Å². The van der Waals surface area contributed by atoms with Crippen LogP contribution in [-0.4, -0.2) is 30.6 Å². The van der Waals surface area contributed by atoms with Gasteiger partial charge in [-0.05, 0) is 11.1 Å². The average molecular weight is 394 g/mol. The van der Waals surface area contributed by atoms with E-state index < -0.39 is 36.5 Å². The molecule has 2 rings (SSSR count). The monoisotopic (exact) mass is 394 g/mol. The molecule has 0 saturated heterocycles. The number of hydrogen-bond acceptors (Lipinski definition) is 2. The summed E-state index contributed by atoms with van der Waals surface area (Å²) in [6.45, 7) is -2.41. The molecule has 0 unspecified atom stereocenters. The summed E-state index contributed by atoms with van der Waals surface area (Å²) in [5.74, 6) is -14.6. The number of benzene rings is 2. The summed E-state index contributed by atoms with van der Waals surface area (Å²) in [6, 6.07) is 15.3. The van der Waals surface area contributed by atoms with Gasteiger partial charge in [-0.3, -0.25) is 4.79 Å². The summed E-state index contributed by atoms with van der Waals surface area (Å²) >= 11 is 0. The van der Waals surface area contributed by atoms with Crippen molar-refractivity contribution >= 4 is 5.97 Å². The molecule has 0 atom stereocenters. The minimum Gasteiger partial charge on any atom is -0.458 e. The molecule has 0 aliphatic carbocycles. The van der Waals surface area contributed by atoms with Crippen molar-refractivity contribution in [2.45, 2.75) is 23.9 Å². The lowest BCUT2D eigenvalue weighted by Gasteiger charge is -2.28. The number of carbonyl (C=O) groups excluding carboxylic acids is 1. The van der Waals surface area contributed by atoms with Crippen molar-refractivity contribution in [3.8, 4) is 0 Å². The maximum Gasteiger partial charge on any atom is 0.460 e. The van der Waals surface area contributed by atoms with E-state index >= 15 is 0 Å². The minimum atomic E-state index is -6.48. The average Bonchev–Trinajstić information content (AvgIpc) is 2.61. The molecule has 2 aromatic carbocycles. The fourth-order valence-corrected chi connectivity index (χ4v) is 2.30. The molecule has 0 radical (unpaired) electrons. The first-order chi connectivity index (χ1) is 12.5. The minimum absolute atomic E-state index is 0.305. The molecule has 0 N–H and O–H groups in total. The fourth-order valence-electron chi connectivity index (χ4n) is 2.30. The van der Waals surface area contributed by atoms with Gasteiger partial charge in [0, 0.05) is 0 Å². The van der Waals surface area contributed by atoms with Gasteiger partial charge in [-0.25, -0.2) is 0 Å². The van der Waals surface area contributed by atoms with Gasteiger partial charge in [-0.1, -0.05) is 60.7 Å². The van der Waals surface area contributed by atoms with Crippen LogP contribution in [0, 0.1) is 0 Å². The second kappa shape index (κ2) is 7.58. The summed E-state index contributed by atoms with van der Waals surface area (Å²) in [6.07, 6.45) is -6.48. The van der Waals surface area contributed by atoms with E-state index in [4.69, 9.17) is 0 Å². The number of carbonyl (C=O) groups is 1. The number of esters is 1. The highest BCUT2D eigenvalue weighted by molar-refractivity contribution is 5.82. The van der Waals surface area contributed by atoms with Crippen LogP contribution in [0.1, 0.15) is 17.0 Å². The molecular weight excluding hydrogens is 381 g/mol. The molecule has 0 aliphatic rings. The Labute approximate surface area is 149 Å². The molecular formula is C18H13F7O2. The van der Waals surface area contributed by atoms with Gasteiger partial charge in [0.2, 0.25) is 0 Å². The molecule has 0 amide bonds. The van der Waals surface area contributed by atoms with Gasteiger partial charge in [-0.15, -0.1) is 0 Å². The zero-order valence-electron chi connectivity index (χ0n) is 13.5. The molecule has 0 aliphatic heterocycles. The standard InChI is InChI=1S/C18H13F7O2/c19-16(20,17(21,22)18(23,24)25)11-27-15(26)14(12-7-3-1-4-8-12)13-9-5-2-6-10-13/h1-10,14H,11H2. The highest BCUT2D eigenvalue weighted by atomic mass is 19.4. The lowest BCUT2D eigenvalue weighted by molar-refractivity contribution is -0.359. The maximum absolute atomic E-state index is 13.4. The van der Waals surface area contributed by atoms with Crippen molar-refractivity contribution in [1.29, 1.82) is 0 Å². The Morgan fingerprint density at radius 1 is 0.778 bits per heavy atom. The van der Waals surface area contributed by atoms with Crippen LogP contribution >= 0.6 is 0 Å². The predicted molar refractivity (Wildman–Crippen MR) is 81.6 cm³/mol. The largest absolute Gasteiger partial charge is 0.460 e. The molecule has 0 bridgehead atoms. The van der Waals surface area contributed by atoms with E-state index in [-0.39, 0.29) is 0 Å². The van der Waals surface area contributed by atoms with E-state index in [2.05, 4.69) is 4.74 Å². The summed E-state index contributed by atoms with van der Waals surface area (Å²) in [4.78, 5) is 12.3. The van der Waals surface area contributed by atoms with Crippen molar-refractivity contribution in [3.05, 3.63) is 71.8 Å². The third-order valence-corrected chi connectivity index (χ3v) is 3.71. The molecule has 0 fully saturated rings. The Bertz CT molecular complexity index is 719. The molecule has 0 aromatic heterocycles. The van der Waals surface area contributed by atoms with Gasteiger partial charge in [-0.2, -0.15) is 30.7 Å². The number of hydrogen-bond donors (Lipinski definition) is 0. The van der Waals surface area contributed by atoms with Crippen LogP contribution in [0.3, 0.4) is 0 Å². The zero-order valence-corrected chi connectivity index (χ0v) is 13.5. The van der Waals surface area contributed by atoms with Gasteiger partial charge in [0.05, 0.1) is 0 Å². The summed E-state index contributed by atoms with van der Waals surface area (Å²) in [5.41, 5.74) is 0.610. The van der Waals surface area contributed by atoms with E-state index in [1.807, 2.05) is 0 Å². The molecule has 2 nitrogen and oxygen atoms in total. The second-order valence-corrected chi connectivity index (χ2v) is 5.64. The van der Waals surface area contributed by atoms with Gasteiger partial charge >= 0.3 is 24.0 Å². The highest BCUT2D eigenvalue weighted by Crippen LogP contribution is 2.46. The van der Waals surface area contributed by atoms with Crippen LogP contribution in [-0.2, 0) is 9.53 Å². The third kappa shape index (κ3) is 4.40. The topological polar surface area (TPSA) is 26.3 Å². The first-order valence-corrected chi connectivity index (χ1v) is 7.56. The van der Waals surface area contributed by atoms with Crippen LogP contribution in [0.5, 0.6) is 0 Å². The summed E-state index contributed by atoms with van der Waals surface area (Å²) in [5, 5.41) is 0. The Balaban J connectivity index is 2.25. The van der Waals surface area contributed by atoms with Crippen molar-refractivity contribution in [1.82, 2.24) is 0 Å². The first-order valence-electron chi connectivity index (χ1n) is 7.56. The van der Waals surface area contributed by atoms with Gasteiger partial charge in [0.25, 0.3) is 0 Å². The number of halogens is 7. The van der Waals surface area contributed by atoms with E-state index in [0.717, 1.165) is 0 Å². The smallest absolute Gasteiger partial charge is 0.458 e. The van der Waals surface area contributed by atoms with Crippen LogP contribution in [0.2, 0.25) is 0 Å². The summed E-state index contributed by atoms with van der Waals surface area (Å²) < 4.78 is 93.3. The van der Waals surface area contributed by atoms with Crippen LogP contribution in [0.25, 0.3) is 0 Å². The lowest BCUT2D eigenvalue weighted by atomic mass is 9.91. The van der Waals surface area contributed by atoms with Gasteiger partial charge in [0.15, 0.2) is 6.61 Å². The number of ether oxygens (including phenoxy) is 1. The maximum atomic E-state index is 13.4. The van der Waals surface area contributed by atoms with Crippen molar-refractivity contribution in [2.75, 3.05) is 6.61 Å². The fraction of sp³-hybridized carbons (Fsp3) is 0.278. The quantitative estimate of drug-likeness (QED) is 0.498. The Hall–Kier alpha value is -2.58. The molecule has 2 aromatic rings. The van der Waals surface area contributed by atoms with Crippen molar-refractivity contribution < 1.29 is 40.3 Å². The van der Waals surface area contributed by atoms with Gasteiger partial charge < -0.3 is 4.74 Å². The first kappa shape index (κ1) is 20.7. The lowest BCUT2D eigenvalue weighted by Crippen LogP contribution is -2.54. The molecule has 0 saturated carbocycles. The van der Waals surface area contributed by atoms with E-state index in [1.165, 1.54) is 24.3 Å². The molecule has 146 valence electrons. The molecule has 9 heteroatoms. The number of rotatable bonds is 6. The van der Waals surface area contributed by atoms with E-state index in [0.29, 0.717) is 11.1 Å². The normalized spacial score (nSPS) is 12.9. The van der Waals surface area contributed by atoms with Gasteiger partial charge in [0.1, 0.15) is 5.92 Å². The number of alkyl halides is 7.